The van der Waals surface area contributed by atoms with Crippen molar-refractivity contribution in [2.75, 3.05) is 13.2 Å². The van der Waals surface area contributed by atoms with E-state index in [4.69, 9.17) is 4.74 Å². The number of amidine groups is 1. The molecule has 1 saturated heterocycles. The molecule has 2 aliphatic rings. The van der Waals surface area contributed by atoms with E-state index in [-0.39, 0.29) is 5.60 Å². The highest BCUT2D eigenvalue weighted by Crippen LogP contribution is 2.28. The minimum absolute atomic E-state index is 0.0111. The van der Waals surface area contributed by atoms with Crippen LogP contribution in [-0.2, 0) is 4.74 Å². The Morgan fingerprint density at radius 2 is 2.24 bits per heavy atom. The fourth-order valence-electron chi connectivity index (χ4n) is 2.35. The van der Waals surface area contributed by atoms with Crippen LogP contribution in [0.4, 0.5) is 0 Å². The smallest absolute Gasteiger partial charge is 0.157 e. The number of ether oxygens (including phenoxy) is 1. The number of rotatable bonds is 2. The van der Waals surface area contributed by atoms with Crippen molar-refractivity contribution in [3.05, 3.63) is 0 Å². The molecule has 0 amide bonds. The highest BCUT2D eigenvalue weighted by molar-refractivity contribution is 8.14. The number of aliphatic imine (C=N–C) groups is 1. The van der Waals surface area contributed by atoms with Gasteiger partial charge in [-0.3, -0.25) is 4.99 Å². The monoisotopic (exact) mass is 256 g/mol. The van der Waals surface area contributed by atoms with E-state index in [0.717, 1.165) is 31.2 Å². The third-order valence-electron chi connectivity index (χ3n) is 3.45. The lowest BCUT2D eigenvalue weighted by Crippen LogP contribution is -2.45. The Morgan fingerprint density at radius 1 is 1.47 bits per heavy atom. The first-order valence-electron chi connectivity index (χ1n) is 6.58. The van der Waals surface area contributed by atoms with Gasteiger partial charge in [0.1, 0.15) is 0 Å². The number of thioether (sulfide) groups is 1. The molecule has 1 fully saturated rings. The van der Waals surface area contributed by atoms with Crippen LogP contribution in [0.3, 0.4) is 0 Å². The van der Waals surface area contributed by atoms with Crippen LogP contribution in [0.5, 0.6) is 0 Å². The zero-order valence-corrected chi connectivity index (χ0v) is 12.1. The number of hydrogen-bond donors (Lipinski definition) is 1. The third kappa shape index (κ3) is 3.62. The second-order valence-electron chi connectivity index (χ2n) is 5.99. The summed E-state index contributed by atoms with van der Waals surface area (Å²) in [4.78, 5) is 4.61. The van der Waals surface area contributed by atoms with Gasteiger partial charge in [0.05, 0.1) is 12.1 Å². The van der Waals surface area contributed by atoms with E-state index in [1.54, 1.807) is 0 Å². The van der Waals surface area contributed by atoms with E-state index in [1.165, 1.54) is 0 Å². The first kappa shape index (κ1) is 13.2. The summed E-state index contributed by atoms with van der Waals surface area (Å²) < 4.78 is 5.73. The maximum absolute atomic E-state index is 5.73. The van der Waals surface area contributed by atoms with Gasteiger partial charge in [-0.25, -0.2) is 0 Å². The highest BCUT2D eigenvalue weighted by Gasteiger charge is 2.31. The first-order valence-corrected chi connectivity index (χ1v) is 7.46. The van der Waals surface area contributed by atoms with E-state index < -0.39 is 0 Å². The van der Waals surface area contributed by atoms with E-state index in [1.807, 2.05) is 11.8 Å². The molecule has 1 N–H and O–H groups in total. The van der Waals surface area contributed by atoms with Crippen LogP contribution < -0.4 is 5.32 Å². The van der Waals surface area contributed by atoms with Gasteiger partial charge in [-0.2, -0.15) is 0 Å². The van der Waals surface area contributed by atoms with Gasteiger partial charge in [-0.05, 0) is 32.6 Å². The summed E-state index contributed by atoms with van der Waals surface area (Å²) in [6, 6.07) is 0.524. The molecule has 0 aliphatic carbocycles. The molecule has 0 aromatic rings. The van der Waals surface area contributed by atoms with Gasteiger partial charge >= 0.3 is 0 Å². The molecule has 0 saturated carbocycles. The minimum atomic E-state index is 0.0111. The zero-order valence-electron chi connectivity index (χ0n) is 11.3. The van der Waals surface area contributed by atoms with Crippen LogP contribution >= 0.6 is 11.8 Å². The summed E-state index contributed by atoms with van der Waals surface area (Å²) >= 11 is 1.91. The van der Waals surface area contributed by atoms with Crippen LogP contribution in [0.2, 0.25) is 0 Å². The SMILES string of the molecule is CC(C)C1CN=C(NC2CCOC(C)(C)C2)S1. The van der Waals surface area contributed by atoms with E-state index >= 15 is 0 Å². The molecule has 4 heteroatoms. The summed E-state index contributed by atoms with van der Waals surface area (Å²) in [5.41, 5.74) is 0.0111. The van der Waals surface area contributed by atoms with Crippen molar-refractivity contribution in [3.8, 4) is 0 Å². The van der Waals surface area contributed by atoms with Gasteiger partial charge in [-0.15, -0.1) is 0 Å². The minimum Gasteiger partial charge on any atom is -0.375 e. The van der Waals surface area contributed by atoms with Crippen LogP contribution in [0.25, 0.3) is 0 Å². The molecule has 2 unspecified atom stereocenters. The Hall–Kier alpha value is -0.220. The molecule has 0 aromatic heterocycles. The quantitative estimate of drug-likeness (QED) is 0.824. The normalized spacial score (nSPS) is 32.6. The molecule has 2 heterocycles. The Bertz CT molecular complexity index is 302. The highest BCUT2D eigenvalue weighted by atomic mass is 32.2. The lowest BCUT2D eigenvalue weighted by molar-refractivity contribution is -0.0603. The topological polar surface area (TPSA) is 33.6 Å². The van der Waals surface area contributed by atoms with Gasteiger partial charge in [0.25, 0.3) is 0 Å². The Labute approximate surface area is 109 Å². The maximum Gasteiger partial charge on any atom is 0.157 e. The maximum atomic E-state index is 5.73. The molecule has 2 atom stereocenters. The summed E-state index contributed by atoms with van der Waals surface area (Å²) in [5.74, 6) is 0.703. The molecule has 3 nitrogen and oxygen atoms in total. The summed E-state index contributed by atoms with van der Waals surface area (Å²) in [5, 5.41) is 5.39. The Morgan fingerprint density at radius 3 is 2.82 bits per heavy atom. The molecule has 0 bridgehead atoms. The lowest BCUT2D eigenvalue weighted by Gasteiger charge is -2.36. The largest absolute Gasteiger partial charge is 0.375 e. The summed E-state index contributed by atoms with van der Waals surface area (Å²) in [6.45, 7) is 10.7. The number of nitrogens with zero attached hydrogens (tertiary/aromatic N) is 1. The molecule has 17 heavy (non-hydrogen) atoms. The van der Waals surface area contributed by atoms with E-state index in [2.05, 4.69) is 38.0 Å². The molecule has 0 spiro atoms. The molecule has 0 aromatic carbocycles. The van der Waals surface area contributed by atoms with Crippen molar-refractivity contribution < 1.29 is 4.74 Å². The molecular formula is C13H24N2OS. The molecule has 2 aliphatic heterocycles. The molecule has 98 valence electrons. The van der Waals surface area contributed by atoms with Gasteiger partial charge < -0.3 is 10.1 Å². The van der Waals surface area contributed by atoms with E-state index in [9.17, 15) is 0 Å². The average molecular weight is 256 g/mol. The van der Waals surface area contributed by atoms with Crippen molar-refractivity contribution in [1.82, 2.24) is 5.32 Å². The Kier molecular flexibility index (Phi) is 4.03. The predicted octanol–water partition coefficient (Wildman–Crippen LogP) is 2.66. The number of nitrogens with one attached hydrogen (secondary N) is 1. The fourth-order valence-corrected chi connectivity index (χ4v) is 3.44. The van der Waals surface area contributed by atoms with Crippen LogP contribution in [0, 0.1) is 5.92 Å². The van der Waals surface area contributed by atoms with Crippen molar-refractivity contribution in [2.45, 2.75) is 57.4 Å². The molecule has 2 rings (SSSR count). The van der Waals surface area contributed by atoms with Gasteiger partial charge in [0.15, 0.2) is 5.17 Å². The van der Waals surface area contributed by atoms with Gasteiger partial charge in [-0.1, -0.05) is 25.6 Å². The van der Waals surface area contributed by atoms with Gasteiger partial charge in [0, 0.05) is 17.9 Å². The van der Waals surface area contributed by atoms with Crippen molar-refractivity contribution in [1.29, 1.82) is 0 Å². The fraction of sp³-hybridized carbons (Fsp3) is 0.923. The third-order valence-corrected chi connectivity index (χ3v) is 4.91. The summed E-state index contributed by atoms with van der Waals surface area (Å²) in [6.07, 6.45) is 2.16. The standard InChI is InChI=1S/C13H24N2OS/c1-9(2)11-8-14-12(17-11)15-10-5-6-16-13(3,4)7-10/h9-11H,5-8H2,1-4H3,(H,14,15). The molecular weight excluding hydrogens is 232 g/mol. The first-order chi connectivity index (χ1) is 7.96. The second-order valence-corrected chi connectivity index (χ2v) is 7.22. The zero-order chi connectivity index (χ0) is 12.5. The van der Waals surface area contributed by atoms with E-state index in [0.29, 0.717) is 17.2 Å². The second kappa shape index (κ2) is 5.19. The van der Waals surface area contributed by atoms with Crippen LogP contribution in [-0.4, -0.2) is 35.2 Å². The Balaban J connectivity index is 1.82. The lowest BCUT2D eigenvalue weighted by atomic mass is 9.94. The predicted molar refractivity (Wildman–Crippen MR) is 74.7 cm³/mol. The van der Waals surface area contributed by atoms with Gasteiger partial charge in [0.2, 0.25) is 0 Å². The molecule has 0 radical (unpaired) electrons. The average Bonchev–Trinajstić information content (AvgIpc) is 2.64. The summed E-state index contributed by atoms with van der Waals surface area (Å²) in [7, 11) is 0. The van der Waals surface area contributed by atoms with Crippen LogP contribution in [0.1, 0.15) is 40.5 Å². The van der Waals surface area contributed by atoms with Crippen molar-refractivity contribution in [3.63, 3.8) is 0 Å². The van der Waals surface area contributed by atoms with Crippen molar-refractivity contribution in [2.24, 2.45) is 10.9 Å². The number of hydrogen-bond acceptors (Lipinski definition) is 4. The van der Waals surface area contributed by atoms with Crippen LogP contribution in [0.15, 0.2) is 4.99 Å². The van der Waals surface area contributed by atoms with Crippen molar-refractivity contribution >= 4 is 16.9 Å².